The van der Waals surface area contributed by atoms with Crippen molar-refractivity contribution in [1.82, 2.24) is 0 Å². The van der Waals surface area contributed by atoms with E-state index in [1.165, 1.54) is 0 Å². The van der Waals surface area contributed by atoms with Crippen molar-refractivity contribution in [3.8, 4) is 0 Å². The van der Waals surface area contributed by atoms with Crippen molar-refractivity contribution in [3.63, 3.8) is 0 Å². The van der Waals surface area contributed by atoms with Crippen molar-refractivity contribution in [2.45, 2.75) is 8.74 Å². The first-order chi connectivity index (χ1) is 8.74. The van der Waals surface area contributed by atoms with E-state index in [9.17, 15) is 0 Å². The predicted octanol–water partition coefficient (Wildman–Crippen LogP) is 2.68. The summed E-state index contributed by atoms with van der Waals surface area (Å²) in [7, 11) is 6.30. The summed E-state index contributed by atoms with van der Waals surface area (Å²) in [5, 5.41) is 0. The molecule has 0 bridgehead atoms. The molecule has 0 aromatic rings. The van der Waals surface area contributed by atoms with Gasteiger partial charge in [0.25, 0.3) is 0 Å². The van der Waals surface area contributed by atoms with E-state index in [4.69, 9.17) is 8.85 Å². The van der Waals surface area contributed by atoms with Crippen LogP contribution in [0.4, 0.5) is 0 Å². The standard InChI is InChI=1S/C10H14O2S4Si2/c1-3-11-17-9(5-6-9)13-15-16-14-10(7-8-10)18-12-4-2/h3-8H,1-2,17-18H2. The Hall–Kier alpha value is 0.394. The van der Waals surface area contributed by atoms with Crippen LogP contribution in [0.3, 0.4) is 0 Å². The summed E-state index contributed by atoms with van der Waals surface area (Å²) in [6.45, 7) is 7.18. The Labute approximate surface area is 128 Å². The largest absolute Gasteiger partial charge is 0.553 e. The quantitative estimate of drug-likeness (QED) is 0.186. The lowest BCUT2D eigenvalue weighted by Gasteiger charge is -2.15. The topological polar surface area (TPSA) is 18.5 Å². The van der Waals surface area contributed by atoms with Gasteiger partial charge in [0.15, 0.2) is 0 Å². The second-order valence-electron chi connectivity index (χ2n) is 3.83. The fourth-order valence-corrected chi connectivity index (χ4v) is 13.2. The molecule has 0 unspecified atom stereocenters. The minimum Gasteiger partial charge on any atom is -0.553 e. The SMILES string of the molecule is C=CO[SiH2]C1(SSSSC2([SiH2]OC=C)C=C2)C=C1. The van der Waals surface area contributed by atoms with Crippen molar-refractivity contribution < 1.29 is 8.85 Å². The van der Waals surface area contributed by atoms with Crippen LogP contribution in [0.5, 0.6) is 0 Å². The van der Waals surface area contributed by atoms with Gasteiger partial charge in [0, 0.05) is 0 Å². The number of rotatable bonds is 11. The molecule has 2 aliphatic rings. The van der Waals surface area contributed by atoms with Crippen LogP contribution in [0.1, 0.15) is 0 Å². The Balaban J connectivity index is 1.56. The third-order valence-corrected chi connectivity index (χ3v) is 14.8. The molecule has 2 rings (SSSR count). The van der Waals surface area contributed by atoms with Gasteiger partial charge >= 0.3 is 0 Å². The van der Waals surface area contributed by atoms with Crippen LogP contribution in [0.15, 0.2) is 50.0 Å². The maximum absolute atomic E-state index is 5.38. The third-order valence-electron chi connectivity index (χ3n) is 2.34. The van der Waals surface area contributed by atoms with Crippen molar-refractivity contribution in [2.24, 2.45) is 0 Å². The lowest BCUT2D eigenvalue weighted by atomic mass is 10.8. The first-order valence-electron chi connectivity index (χ1n) is 5.30. The first kappa shape index (κ1) is 14.8. The van der Waals surface area contributed by atoms with E-state index in [0.717, 1.165) is 0 Å². The highest BCUT2D eigenvalue weighted by Gasteiger charge is 2.39. The minimum absolute atomic E-state index is 0.228. The highest BCUT2D eigenvalue weighted by molar-refractivity contribution is 9.26. The molecule has 2 nitrogen and oxygen atoms in total. The van der Waals surface area contributed by atoms with E-state index in [2.05, 4.69) is 37.5 Å². The van der Waals surface area contributed by atoms with Gasteiger partial charge in [-0.3, -0.25) is 0 Å². The molecule has 0 N–H and O–H groups in total. The zero-order valence-electron chi connectivity index (χ0n) is 9.74. The van der Waals surface area contributed by atoms with Crippen molar-refractivity contribution in [2.75, 3.05) is 0 Å². The molecular formula is C10H14O2S4Si2. The minimum atomic E-state index is -0.564. The van der Waals surface area contributed by atoms with E-state index < -0.39 is 19.5 Å². The smallest absolute Gasteiger partial charge is 0.243 e. The molecule has 0 heterocycles. The molecule has 0 aromatic carbocycles. The predicted molar refractivity (Wildman–Crippen MR) is 93.8 cm³/mol. The highest BCUT2D eigenvalue weighted by Crippen LogP contribution is 2.58. The molecule has 0 spiro atoms. The summed E-state index contributed by atoms with van der Waals surface area (Å²) >= 11 is 0. The monoisotopic (exact) mass is 350 g/mol. The summed E-state index contributed by atoms with van der Waals surface area (Å²) in [5.41, 5.74) is 0. The maximum Gasteiger partial charge on any atom is 0.243 e. The molecule has 0 atom stereocenters. The van der Waals surface area contributed by atoms with Crippen molar-refractivity contribution in [1.29, 1.82) is 0 Å². The van der Waals surface area contributed by atoms with Crippen molar-refractivity contribution in [3.05, 3.63) is 50.0 Å². The van der Waals surface area contributed by atoms with Gasteiger partial charge in [-0.1, -0.05) is 59.0 Å². The van der Waals surface area contributed by atoms with Crippen LogP contribution < -0.4 is 0 Å². The summed E-state index contributed by atoms with van der Waals surface area (Å²) in [6.07, 6.45) is 12.0. The summed E-state index contributed by atoms with van der Waals surface area (Å²) in [5.74, 6) is 0. The van der Waals surface area contributed by atoms with Crippen LogP contribution in [0, 0.1) is 0 Å². The highest BCUT2D eigenvalue weighted by atomic mass is 33.7. The molecular weight excluding hydrogens is 337 g/mol. The Bertz CT molecular complexity index is 338. The van der Waals surface area contributed by atoms with Gasteiger partial charge in [-0.25, -0.2) is 0 Å². The van der Waals surface area contributed by atoms with Gasteiger partial charge in [0.2, 0.25) is 19.5 Å². The second kappa shape index (κ2) is 6.71. The molecule has 0 amide bonds. The molecule has 8 heteroatoms. The Morgan fingerprint density at radius 3 is 1.50 bits per heavy atom. The molecule has 0 aliphatic heterocycles. The van der Waals surface area contributed by atoms with Gasteiger partial charge < -0.3 is 8.85 Å². The maximum atomic E-state index is 5.38. The van der Waals surface area contributed by atoms with E-state index >= 15 is 0 Å². The Morgan fingerprint density at radius 2 is 1.22 bits per heavy atom. The van der Waals surface area contributed by atoms with E-state index in [-0.39, 0.29) is 8.74 Å². The Morgan fingerprint density at radius 1 is 0.833 bits per heavy atom. The van der Waals surface area contributed by atoms with Gasteiger partial charge in [-0.15, -0.1) is 0 Å². The summed E-state index contributed by atoms with van der Waals surface area (Å²) in [6, 6.07) is 0. The third kappa shape index (κ3) is 4.50. The molecule has 0 radical (unpaired) electrons. The van der Waals surface area contributed by atoms with E-state index in [1.807, 2.05) is 41.2 Å². The molecule has 0 saturated carbocycles. The van der Waals surface area contributed by atoms with Gasteiger partial charge in [-0.2, -0.15) is 0 Å². The number of hydrogen-bond acceptors (Lipinski definition) is 6. The zero-order valence-corrected chi connectivity index (χ0v) is 15.8. The molecule has 0 saturated heterocycles. The average molecular weight is 351 g/mol. The Kier molecular flexibility index (Phi) is 5.52. The zero-order chi connectivity index (χ0) is 12.9. The second-order valence-corrected chi connectivity index (χ2v) is 14.8. The van der Waals surface area contributed by atoms with Gasteiger partial charge in [0.05, 0.1) is 21.3 Å². The summed E-state index contributed by atoms with van der Waals surface area (Å²) in [4.78, 5) is 0. The van der Waals surface area contributed by atoms with Crippen LogP contribution in [0.2, 0.25) is 0 Å². The number of hydrogen-bond donors (Lipinski definition) is 0. The average Bonchev–Trinajstić information content (AvgIpc) is 3.28. The van der Waals surface area contributed by atoms with E-state index in [1.54, 1.807) is 12.5 Å². The van der Waals surface area contributed by atoms with Crippen LogP contribution >= 0.6 is 41.2 Å². The first-order valence-corrected chi connectivity index (χ1v) is 12.7. The van der Waals surface area contributed by atoms with Crippen LogP contribution in [-0.2, 0) is 8.85 Å². The van der Waals surface area contributed by atoms with E-state index in [0.29, 0.717) is 0 Å². The van der Waals surface area contributed by atoms with Gasteiger partial charge in [0.1, 0.15) is 0 Å². The normalized spacial score (nSPS) is 21.6. The fourth-order valence-electron chi connectivity index (χ4n) is 1.07. The molecule has 98 valence electrons. The fraction of sp³-hybridized carbons (Fsp3) is 0.200. The van der Waals surface area contributed by atoms with Crippen LogP contribution in [-0.4, -0.2) is 28.3 Å². The van der Waals surface area contributed by atoms with Crippen molar-refractivity contribution >= 4 is 60.8 Å². The lowest BCUT2D eigenvalue weighted by Crippen LogP contribution is -2.16. The summed E-state index contributed by atoms with van der Waals surface area (Å²) < 4.78 is 11.2. The lowest BCUT2D eigenvalue weighted by molar-refractivity contribution is 0.514. The van der Waals surface area contributed by atoms with Crippen LogP contribution in [0.25, 0.3) is 0 Å². The molecule has 18 heavy (non-hydrogen) atoms. The molecule has 0 fully saturated rings. The molecule has 0 aromatic heterocycles. The molecule has 2 aliphatic carbocycles. The van der Waals surface area contributed by atoms with Gasteiger partial charge in [-0.05, 0) is 19.7 Å².